The van der Waals surface area contributed by atoms with E-state index in [0.29, 0.717) is 28.9 Å². The zero-order valence-electron chi connectivity index (χ0n) is 15.0. The van der Waals surface area contributed by atoms with Gasteiger partial charge in [0.2, 0.25) is 5.91 Å². The van der Waals surface area contributed by atoms with Crippen LogP contribution in [0.4, 0.5) is 18.9 Å². The van der Waals surface area contributed by atoms with E-state index in [2.05, 4.69) is 15.2 Å². The topological polar surface area (TPSA) is 56.2 Å². The summed E-state index contributed by atoms with van der Waals surface area (Å²) < 4.78 is 42.9. The zero-order valence-corrected chi connectivity index (χ0v) is 15.7. The van der Waals surface area contributed by atoms with Crippen LogP contribution in [0.25, 0.3) is 6.08 Å². The van der Waals surface area contributed by atoms with E-state index in [1.807, 2.05) is 13.8 Å². The summed E-state index contributed by atoms with van der Waals surface area (Å²) in [7, 11) is 0. The van der Waals surface area contributed by atoms with E-state index in [1.165, 1.54) is 30.4 Å². The van der Waals surface area contributed by atoms with Gasteiger partial charge in [-0.2, -0.15) is 5.10 Å². The molecule has 0 unspecified atom stereocenters. The first-order valence-corrected chi connectivity index (χ1v) is 8.51. The predicted molar refractivity (Wildman–Crippen MR) is 97.6 cm³/mol. The summed E-state index contributed by atoms with van der Waals surface area (Å²) in [5, 5.41) is 7.08. The summed E-state index contributed by atoms with van der Waals surface area (Å²) in [6.45, 7) is 6.43. The van der Waals surface area contributed by atoms with Gasteiger partial charge in [-0.15, -0.1) is 13.2 Å². The Labute approximate surface area is 159 Å². The second-order valence-electron chi connectivity index (χ2n) is 6.23. The molecule has 0 spiro atoms. The second-order valence-corrected chi connectivity index (χ2v) is 6.59. The van der Waals surface area contributed by atoms with Gasteiger partial charge in [0.05, 0.1) is 11.4 Å². The van der Waals surface area contributed by atoms with E-state index in [4.69, 9.17) is 11.6 Å². The number of carbonyl (C=O) groups is 1. The Kier molecular flexibility index (Phi) is 6.54. The van der Waals surface area contributed by atoms with Crippen LogP contribution < -0.4 is 10.1 Å². The smallest absolute Gasteiger partial charge is 0.404 e. The van der Waals surface area contributed by atoms with Crippen LogP contribution in [0.15, 0.2) is 30.3 Å². The third kappa shape index (κ3) is 6.02. The minimum absolute atomic E-state index is 0.0946. The third-order valence-corrected chi connectivity index (χ3v) is 3.82. The number of nitrogens with zero attached hydrogens (tertiary/aromatic N) is 2. The first-order valence-electron chi connectivity index (χ1n) is 8.13. The maximum absolute atomic E-state index is 12.4. The maximum atomic E-state index is 12.4. The molecule has 0 atom stereocenters. The molecule has 0 aliphatic carbocycles. The molecule has 1 N–H and O–H groups in total. The number of halogens is 4. The summed E-state index contributed by atoms with van der Waals surface area (Å²) >= 11 is 6.29. The van der Waals surface area contributed by atoms with Crippen LogP contribution >= 0.6 is 11.6 Å². The van der Waals surface area contributed by atoms with Crippen LogP contribution in [0.5, 0.6) is 5.75 Å². The van der Waals surface area contributed by atoms with Gasteiger partial charge in [-0.1, -0.05) is 37.6 Å². The SMILES string of the molecule is Cc1nn(CC(C)C)c(Cl)c1/C=C/C(=O)Nc1ccccc1OC(F)(F)F. The first kappa shape index (κ1) is 20.8. The molecule has 5 nitrogen and oxygen atoms in total. The molecule has 0 aliphatic rings. The molecule has 1 aromatic heterocycles. The molecule has 1 amide bonds. The van der Waals surface area contributed by atoms with Gasteiger partial charge < -0.3 is 10.1 Å². The van der Waals surface area contributed by atoms with Crippen LogP contribution in [-0.4, -0.2) is 22.1 Å². The van der Waals surface area contributed by atoms with Crippen molar-refractivity contribution < 1.29 is 22.7 Å². The number of carbonyl (C=O) groups excluding carboxylic acids is 1. The highest BCUT2D eigenvalue weighted by Gasteiger charge is 2.32. The molecule has 9 heteroatoms. The third-order valence-electron chi connectivity index (χ3n) is 3.42. The lowest BCUT2D eigenvalue weighted by Gasteiger charge is -2.13. The zero-order chi connectivity index (χ0) is 20.2. The Hall–Kier alpha value is -2.48. The summed E-state index contributed by atoms with van der Waals surface area (Å²) in [5.41, 5.74) is 1.13. The van der Waals surface area contributed by atoms with Gasteiger partial charge >= 0.3 is 6.36 Å². The number of hydrogen-bond acceptors (Lipinski definition) is 3. The van der Waals surface area contributed by atoms with Gasteiger partial charge in [-0.05, 0) is 31.1 Å². The van der Waals surface area contributed by atoms with Crippen LogP contribution in [0.3, 0.4) is 0 Å². The number of anilines is 1. The van der Waals surface area contributed by atoms with Gasteiger partial charge in [-0.25, -0.2) is 0 Å². The molecule has 27 heavy (non-hydrogen) atoms. The molecular weight excluding hydrogens is 383 g/mol. The molecule has 146 valence electrons. The van der Waals surface area contributed by atoms with E-state index < -0.39 is 18.0 Å². The number of ether oxygens (including phenoxy) is 1. The van der Waals surface area contributed by atoms with E-state index in [0.717, 1.165) is 6.07 Å². The second kappa shape index (κ2) is 8.47. The maximum Gasteiger partial charge on any atom is 0.573 e. The van der Waals surface area contributed by atoms with Crippen molar-refractivity contribution in [2.45, 2.75) is 33.7 Å². The quantitative estimate of drug-likeness (QED) is 0.689. The van der Waals surface area contributed by atoms with E-state index >= 15 is 0 Å². The lowest BCUT2D eigenvalue weighted by atomic mass is 10.2. The van der Waals surface area contributed by atoms with Gasteiger partial charge in [0, 0.05) is 18.2 Å². The van der Waals surface area contributed by atoms with Gasteiger partial charge in [-0.3, -0.25) is 9.48 Å². The highest BCUT2D eigenvalue weighted by Crippen LogP contribution is 2.30. The number of rotatable bonds is 6. The number of para-hydroxylation sites is 2. The standard InChI is InChI=1S/C18H19ClF3N3O2/c1-11(2)10-25-17(19)13(12(3)24-25)8-9-16(26)23-14-6-4-5-7-15(14)27-18(20,21)22/h4-9,11H,10H2,1-3H3,(H,23,26)/b9-8+. The molecule has 2 aromatic rings. The minimum atomic E-state index is -4.85. The summed E-state index contributed by atoms with van der Waals surface area (Å²) in [5.74, 6) is -0.780. The number of nitrogens with one attached hydrogen (secondary N) is 1. The normalized spacial score (nSPS) is 12.0. The summed E-state index contributed by atoms with van der Waals surface area (Å²) in [4.78, 5) is 12.1. The van der Waals surface area contributed by atoms with Crippen molar-refractivity contribution in [2.24, 2.45) is 5.92 Å². The fourth-order valence-corrected chi connectivity index (χ4v) is 2.65. The molecule has 0 fully saturated rings. The highest BCUT2D eigenvalue weighted by atomic mass is 35.5. The fraction of sp³-hybridized carbons (Fsp3) is 0.333. The van der Waals surface area contributed by atoms with E-state index in [-0.39, 0.29) is 5.69 Å². The van der Waals surface area contributed by atoms with Crippen LogP contribution in [0, 0.1) is 12.8 Å². The monoisotopic (exact) mass is 401 g/mol. The van der Waals surface area contributed by atoms with Gasteiger partial charge in [0.15, 0.2) is 5.75 Å². The molecule has 1 heterocycles. The minimum Gasteiger partial charge on any atom is -0.404 e. The van der Waals surface area contributed by atoms with E-state index in [1.54, 1.807) is 11.6 Å². The molecule has 1 aromatic carbocycles. The molecular formula is C18H19ClF3N3O2. The van der Waals surface area contributed by atoms with Crippen LogP contribution in [-0.2, 0) is 11.3 Å². The Morgan fingerprint density at radius 1 is 1.37 bits per heavy atom. The lowest BCUT2D eigenvalue weighted by molar-refractivity contribution is -0.274. The molecule has 0 bridgehead atoms. The van der Waals surface area contributed by atoms with Crippen LogP contribution in [0.2, 0.25) is 5.15 Å². The summed E-state index contributed by atoms with van der Waals surface area (Å²) in [6.07, 6.45) is -2.20. The Morgan fingerprint density at radius 3 is 2.67 bits per heavy atom. The highest BCUT2D eigenvalue weighted by molar-refractivity contribution is 6.31. The predicted octanol–water partition coefficient (Wildman–Crippen LogP) is 5.05. The van der Waals surface area contributed by atoms with Gasteiger partial charge in [0.1, 0.15) is 5.15 Å². The van der Waals surface area contributed by atoms with Crippen molar-refractivity contribution in [1.82, 2.24) is 9.78 Å². The average Bonchev–Trinajstić information content (AvgIpc) is 2.79. The summed E-state index contributed by atoms with van der Waals surface area (Å²) in [6, 6.07) is 5.29. The van der Waals surface area contributed by atoms with Crippen LogP contribution in [0.1, 0.15) is 25.1 Å². The number of amides is 1. The number of hydrogen-bond donors (Lipinski definition) is 1. The Balaban J connectivity index is 2.14. The van der Waals surface area contributed by atoms with E-state index in [9.17, 15) is 18.0 Å². The lowest BCUT2D eigenvalue weighted by Crippen LogP contribution is -2.19. The molecule has 0 saturated heterocycles. The number of aromatic nitrogens is 2. The van der Waals surface area contributed by atoms with Crippen molar-refractivity contribution in [3.63, 3.8) is 0 Å². The number of alkyl halides is 3. The Morgan fingerprint density at radius 2 is 2.04 bits per heavy atom. The van der Waals surface area contributed by atoms with Crippen molar-refractivity contribution in [2.75, 3.05) is 5.32 Å². The largest absolute Gasteiger partial charge is 0.573 e. The first-order chi connectivity index (χ1) is 12.6. The van der Waals surface area contributed by atoms with Crippen molar-refractivity contribution >= 4 is 29.3 Å². The average molecular weight is 402 g/mol. The molecule has 0 radical (unpaired) electrons. The van der Waals surface area contributed by atoms with Gasteiger partial charge in [0.25, 0.3) is 0 Å². The van der Waals surface area contributed by atoms with Crippen molar-refractivity contribution in [3.05, 3.63) is 46.8 Å². The van der Waals surface area contributed by atoms with Crippen molar-refractivity contribution in [3.8, 4) is 5.75 Å². The number of aryl methyl sites for hydroxylation is 1. The number of benzene rings is 1. The Bertz CT molecular complexity index is 845. The van der Waals surface area contributed by atoms with Crippen molar-refractivity contribution in [1.29, 1.82) is 0 Å². The molecule has 0 saturated carbocycles. The molecule has 2 rings (SSSR count). The molecule has 0 aliphatic heterocycles. The fourth-order valence-electron chi connectivity index (χ4n) is 2.34.